The molecule has 2 aliphatic heterocycles. The molecule has 0 saturated carbocycles. The van der Waals surface area contributed by atoms with Crippen molar-refractivity contribution in [3.05, 3.63) is 34.6 Å². The molecule has 0 radical (unpaired) electrons. The summed E-state index contributed by atoms with van der Waals surface area (Å²) in [7, 11) is 2.16. The van der Waals surface area contributed by atoms with Gasteiger partial charge in [0, 0.05) is 24.4 Å². The molecule has 2 atom stereocenters. The Bertz CT molecular complexity index is 519. The predicted octanol–water partition coefficient (Wildman–Crippen LogP) is 3.46. The van der Waals surface area contributed by atoms with E-state index in [1.54, 1.807) is 6.07 Å². The highest BCUT2D eigenvalue weighted by molar-refractivity contribution is 6.30. The summed E-state index contributed by atoms with van der Waals surface area (Å²) in [5, 5.41) is 0.110. The van der Waals surface area contributed by atoms with Crippen LogP contribution in [0.4, 0.5) is 4.39 Å². The molecule has 0 N–H and O–H groups in total. The number of nitrogens with zero attached hydrogens (tertiary/aromatic N) is 1. The lowest BCUT2D eigenvalue weighted by molar-refractivity contribution is -0.124. The van der Waals surface area contributed by atoms with Crippen LogP contribution in [-0.2, 0) is 11.2 Å². The number of halogens is 2. The van der Waals surface area contributed by atoms with Gasteiger partial charge in [-0.05, 0) is 50.4 Å². The maximum Gasteiger partial charge on any atom is 0.142 e. The van der Waals surface area contributed by atoms with Crippen molar-refractivity contribution < 1.29 is 9.18 Å². The van der Waals surface area contributed by atoms with Crippen LogP contribution in [-0.4, -0.2) is 29.8 Å². The molecule has 108 valence electrons. The van der Waals surface area contributed by atoms with E-state index in [-0.39, 0.29) is 16.7 Å². The summed E-state index contributed by atoms with van der Waals surface area (Å²) in [6, 6.07) is 5.77. The molecule has 1 aromatic rings. The van der Waals surface area contributed by atoms with Crippen LogP contribution in [0.5, 0.6) is 0 Å². The SMILES string of the molecule is CN1C2CCC1CC(C(=O)Cc1ccc(Cl)c(F)c1)C2. The quantitative estimate of drug-likeness (QED) is 0.851. The summed E-state index contributed by atoms with van der Waals surface area (Å²) < 4.78 is 13.4. The monoisotopic (exact) mass is 295 g/mol. The number of carbonyl (C=O) groups excluding carboxylic acids is 1. The highest BCUT2D eigenvalue weighted by atomic mass is 35.5. The lowest BCUT2D eigenvalue weighted by Crippen LogP contribution is -2.42. The Labute approximate surface area is 123 Å². The second-order valence-corrected chi connectivity index (χ2v) is 6.52. The molecule has 2 heterocycles. The zero-order chi connectivity index (χ0) is 14.3. The zero-order valence-electron chi connectivity index (χ0n) is 11.6. The molecule has 0 amide bonds. The minimum atomic E-state index is -0.444. The van der Waals surface area contributed by atoms with Crippen molar-refractivity contribution in [3.63, 3.8) is 0 Å². The lowest BCUT2D eigenvalue weighted by Gasteiger charge is -2.35. The van der Waals surface area contributed by atoms with Gasteiger partial charge in [-0.25, -0.2) is 4.39 Å². The lowest BCUT2D eigenvalue weighted by atomic mass is 9.85. The fourth-order valence-corrected chi connectivity index (χ4v) is 3.79. The van der Waals surface area contributed by atoms with E-state index in [1.807, 2.05) is 0 Å². The molecule has 0 aromatic heterocycles. The van der Waals surface area contributed by atoms with E-state index in [2.05, 4.69) is 11.9 Å². The molecule has 4 heteroatoms. The highest BCUT2D eigenvalue weighted by Crippen LogP contribution is 2.38. The third-order valence-corrected chi connectivity index (χ3v) is 5.22. The molecule has 2 aliphatic rings. The van der Waals surface area contributed by atoms with E-state index in [4.69, 9.17) is 11.6 Å². The van der Waals surface area contributed by atoms with Crippen molar-refractivity contribution in [3.8, 4) is 0 Å². The minimum Gasteiger partial charge on any atom is -0.300 e. The summed E-state index contributed by atoms with van der Waals surface area (Å²) in [6.45, 7) is 0. The van der Waals surface area contributed by atoms with Gasteiger partial charge in [0.1, 0.15) is 11.6 Å². The summed E-state index contributed by atoms with van der Waals surface area (Å²) >= 11 is 5.66. The van der Waals surface area contributed by atoms with Crippen molar-refractivity contribution in [1.82, 2.24) is 4.90 Å². The van der Waals surface area contributed by atoms with Gasteiger partial charge in [0.05, 0.1) is 5.02 Å². The molecule has 2 unspecified atom stereocenters. The van der Waals surface area contributed by atoms with E-state index in [0.717, 1.165) is 18.4 Å². The van der Waals surface area contributed by atoms with E-state index in [1.165, 1.54) is 25.0 Å². The molecule has 2 bridgehead atoms. The predicted molar refractivity (Wildman–Crippen MR) is 77.4 cm³/mol. The number of hydrogen-bond acceptors (Lipinski definition) is 2. The number of Topliss-reactive ketones (excluding diaryl/α,β-unsaturated/α-hetero) is 1. The summed E-state index contributed by atoms with van der Waals surface area (Å²) in [5.74, 6) is -0.0559. The van der Waals surface area contributed by atoms with Crippen molar-refractivity contribution in [1.29, 1.82) is 0 Å². The summed E-state index contributed by atoms with van der Waals surface area (Å²) in [6.07, 6.45) is 4.66. The average molecular weight is 296 g/mol. The van der Waals surface area contributed by atoms with Crippen LogP contribution in [0.15, 0.2) is 18.2 Å². The topological polar surface area (TPSA) is 20.3 Å². The van der Waals surface area contributed by atoms with E-state index >= 15 is 0 Å². The van der Waals surface area contributed by atoms with Crippen LogP contribution in [0.2, 0.25) is 5.02 Å². The van der Waals surface area contributed by atoms with E-state index in [0.29, 0.717) is 18.5 Å². The molecular weight excluding hydrogens is 277 g/mol. The van der Waals surface area contributed by atoms with Crippen LogP contribution >= 0.6 is 11.6 Å². The van der Waals surface area contributed by atoms with Crippen LogP contribution in [0, 0.1) is 11.7 Å². The Kier molecular flexibility index (Phi) is 3.83. The Morgan fingerprint density at radius 3 is 2.60 bits per heavy atom. The second-order valence-electron chi connectivity index (χ2n) is 6.11. The average Bonchev–Trinajstić information content (AvgIpc) is 2.65. The van der Waals surface area contributed by atoms with Gasteiger partial charge in [0.15, 0.2) is 0 Å². The maximum atomic E-state index is 13.4. The zero-order valence-corrected chi connectivity index (χ0v) is 12.4. The smallest absolute Gasteiger partial charge is 0.142 e. The molecule has 2 nitrogen and oxygen atoms in total. The molecule has 20 heavy (non-hydrogen) atoms. The van der Waals surface area contributed by atoms with Crippen LogP contribution in [0.1, 0.15) is 31.2 Å². The molecule has 2 fully saturated rings. The van der Waals surface area contributed by atoms with Gasteiger partial charge >= 0.3 is 0 Å². The third-order valence-electron chi connectivity index (χ3n) is 4.92. The largest absolute Gasteiger partial charge is 0.300 e. The number of carbonyl (C=O) groups is 1. The standard InChI is InChI=1S/C16H19ClFNO/c1-19-12-3-4-13(19)9-11(8-12)16(20)7-10-2-5-14(17)15(18)6-10/h2,5-6,11-13H,3-4,7-9H2,1H3. The van der Waals surface area contributed by atoms with Gasteiger partial charge in [-0.1, -0.05) is 17.7 Å². The van der Waals surface area contributed by atoms with Crippen molar-refractivity contribution in [2.24, 2.45) is 5.92 Å². The fourth-order valence-electron chi connectivity index (χ4n) is 3.67. The Morgan fingerprint density at radius 1 is 1.35 bits per heavy atom. The van der Waals surface area contributed by atoms with Gasteiger partial charge in [-0.3, -0.25) is 4.79 Å². The van der Waals surface area contributed by atoms with Crippen molar-refractivity contribution in [2.45, 2.75) is 44.2 Å². The van der Waals surface area contributed by atoms with Gasteiger partial charge in [-0.15, -0.1) is 0 Å². The molecule has 2 saturated heterocycles. The first kappa shape index (κ1) is 14.0. The first-order chi connectivity index (χ1) is 9.54. The summed E-state index contributed by atoms with van der Waals surface area (Å²) in [4.78, 5) is 14.8. The van der Waals surface area contributed by atoms with Crippen molar-refractivity contribution >= 4 is 17.4 Å². The molecule has 0 aliphatic carbocycles. The first-order valence-corrected chi connectivity index (χ1v) is 7.61. The number of benzene rings is 1. The number of ketones is 1. The Balaban J connectivity index is 1.66. The van der Waals surface area contributed by atoms with Gasteiger partial charge in [0.25, 0.3) is 0 Å². The molecule has 1 aromatic carbocycles. The number of rotatable bonds is 3. The van der Waals surface area contributed by atoms with Crippen LogP contribution in [0.25, 0.3) is 0 Å². The van der Waals surface area contributed by atoms with E-state index < -0.39 is 5.82 Å². The third kappa shape index (κ3) is 2.61. The number of piperidine rings is 1. The molecular formula is C16H19ClFNO. The maximum absolute atomic E-state index is 13.4. The van der Waals surface area contributed by atoms with Crippen LogP contribution in [0.3, 0.4) is 0 Å². The fraction of sp³-hybridized carbons (Fsp3) is 0.562. The van der Waals surface area contributed by atoms with Crippen LogP contribution < -0.4 is 0 Å². The normalized spacial score (nSPS) is 29.6. The Hall–Kier alpha value is -0.930. The summed E-state index contributed by atoms with van der Waals surface area (Å²) in [5.41, 5.74) is 0.725. The van der Waals surface area contributed by atoms with Gasteiger partial charge in [0.2, 0.25) is 0 Å². The highest BCUT2D eigenvalue weighted by Gasteiger charge is 2.40. The van der Waals surface area contributed by atoms with Gasteiger partial charge in [-0.2, -0.15) is 0 Å². The molecule has 3 rings (SSSR count). The molecule has 0 spiro atoms. The van der Waals surface area contributed by atoms with Gasteiger partial charge < -0.3 is 4.90 Å². The van der Waals surface area contributed by atoms with Crippen molar-refractivity contribution in [2.75, 3.05) is 7.05 Å². The number of hydrogen-bond donors (Lipinski definition) is 0. The Morgan fingerprint density at radius 2 is 2.00 bits per heavy atom. The number of fused-ring (bicyclic) bond motifs is 2. The second kappa shape index (κ2) is 5.45. The minimum absolute atomic E-state index is 0.110. The first-order valence-electron chi connectivity index (χ1n) is 7.23. The van der Waals surface area contributed by atoms with E-state index in [9.17, 15) is 9.18 Å².